The predicted octanol–water partition coefficient (Wildman–Crippen LogP) is 2.68. The molecule has 7 nitrogen and oxygen atoms in total. The Morgan fingerprint density at radius 1 is 1.29 bits per heavy atom. The highest BCUT2D eigenvalue weighted by molar-refractivity contribution is 6.08. The number of nitrogens with zero attached hydrogens (tertiary/aromatic N) is 2. The highest BCUT2D eigenvalue weighted by Gasteiger charge is 2.16. The fourth-order valence-electron chi connectivity index (χ4n) is 2.73. The molecule has 0 amide bonds. The number of Topliss-reactive ketones (excluding diaryl/α,β-unsaturated/α-hetero) is 1. The Morgan fingerprint density at radius 2 is 2.08 bits per heavy atom. The number of carbonyl (C=O) groups is 1. The van der Waals surface area contributed by atoms with E-state index < -0.39 is 10.5 Å². The minimum absolute atomic E-state index is 0.227. The van der Waals surface area contributed by atoms with Gasteiger partial charge in [0.05, 0.1) is 17.7 Å². The van der Waals surface area contributed by atoms with E-state index in [0.717, 1.165) is 45.8 Å². The summed E-state index contributed by atoms with van der Waals surface area (Å²) in [6, 6.07) is 7.93. The fourth-order valence-corrected chi connectivity index (χ4v) is 2.73. The van der Waals surface area contributed by atoms with Crippen molar-refractivity contribution in [3.05, 3.63) is 74.3 Å². The number of aromatic nitrogens is 2. The second-order valence-corrected chi connectivity index (χ2v) is 5.43. The van der Waals surface area contributed by atoms with Gasteiger partial charge in [-0.2, -0.15) is 0 Å². The van der Waals surface area contributed by atoms with E-state index in [1.807, 2.05) is 25.1 Å². The molecule has 3 rings (SSSR count). The molecule has 1 N–H and O–H groups in total. The van der Waals surface area contributed by atoms with E-state index in [0.29, 0.717) is 5.56 Å². The van der Waals surface area contributed by atoms with Crippen LogP contribution in [0.25, 0.3) is 10.9 Å². The van der Waals surface area contributed by atoms with Gasteiger partial charge in [0, 0.05) is 34.8 Å². The van der Waals surface area contributed by atoms with E-state index in [2.05, 4.69) is 4.98 Å². The molecule has 0 radical (unpaired) electrons. The average molecular weight is 325 g/mol. The maximum Gasteiger partial charge on any atom is 0.285 e. The molecule has 0 unspecified atom stereocenters. The predicted molar refractivity (Wildman–Crippen MR) is 89.4 cm³/mol. The Kier molecular flexibility index (Phi) is 3.99. The first-order valence-corrected chi connectivity index (χ1v) is 7.48. The topological polar surface area (TPSA) is 98.0 Å². The van der Waals surface area contributed by atoms with E-state index in [-0.39, 0.29) is 18.0 Å². The van der Waals surface area contributed by atoms with Crippen molar-refractivity contribution >= 4 is 22.4 Å². The Bertz CT molecular complexity index is 1000. The molecule has 24 heavy (non-hydrogen) atoms. The third kappa shape index (κ3) is 2.71. The summed E-state index contributed by atoms with van der Waals surface area (Å²) < 4.78 is 1.06. The minimum Gasteiger partial charge on any atom is -0.360 e. The number of aromatic amines is 1. The standard InChI is InChI=1S/C17H15N3O4/c1-2-11-4-3-5-13-14(8-18-17(11)13)15(21)10-19-9-12(20(23)24)6-7-16(19)22/h3-9,18H,2,10H2,1H3. The number of hydrogen-bond acceptors (Lipinski definition) is 4. The number of ketones is 1. The van der Waals surface area contributed by atoms with Crippen LogP contribution in [0.4, 0.5) is 5.69 Å². The molecular weight excluding hydrogens is 310 g/mol. The van der Waals surface area contributed by atoms with Crippen LogP contribution in [0.1, 0.15) is 22.8 Å². The number of H-pyrrole nitrogens is 1. The van der Waals surface area contributed by atoms with Gasteiger partial charge in [-0.3, -0.25) is 19.7 Å². The first-order chi connectivity index (χ1) is 11.5. The van der Waals surface area contributed by atoms with Gasteiger partial charge in [0.2, 0.25) is 0 Å². The molecule has 0 atom stereocenters. The third-order valence-corrected chi connectivity index (χ3v) is 3.98. The SMILES string of the molecule is CCc1cccc2c(C(=O)Cn3cc([N+](=O)[O-])ccc3=O)c[nH]c12. The van der Waals surface area contributed by atoms with Crippen LogP contribution in [0.5, 0.6) is 0 Å². The van der Waals surface area contributed by atoms with Crippen LogP contribution in [-0.2, 0) is 13.0 Å². The highest BCUT2D eigenvalue weighted by Crippen LogP contribution is 2.23. The molecule has 0 aliphatic heterocycles. The first-order valence-electron chi connectivity index (χ1n) is 7.48. The van der Waals surface area contributed by atoms with Gasteiger partial charge in [-0.25, -0.2) is 0 Å². The van der Waals surface area contributed by atoms with Crippen molar-refractivity contribution in [3.8, 4) is 0 Å². The lowest BCUT2D eigenvalue weighted by atomic mass is 10.0. The number of nitro groups is 1. The van der Waals surface area contributed by atoms with Crippen molar-refractivity contribution in [1.29, 1.82) is 0 Å². The highest BCUT2D eigenvalue weighted by atomic mass is 16.6. The Hall–Kier alpha value is -3.22. The summed E-state index contributed by atoms with van der Waals surface area (Å²) in [4.78, 5) is 37.7. The Morgan fingerprint density at radius 3 is 2.79 bits per heavy atom. The zero-order valence-corrected chi connectivity index (χ0v) is 13.0. The molecule has 0 aliphatic rings. The fraction of sp³-hybridized carbons (Fsp3) is 0.176. The zero-order valence-electron chi connectivity index (χ0n) is 13.0. The normalized spacial score (nSPS) is 10.9. The monoisotopic (exact) mass is 325 g/mol. The molecule has 3 aromatic rings. The largest absolute Gasteiger partial charge is 0.360 e. The summed E-state index contributed by atoms with van der Waals surface area (Å²) in [5.41, 5.74) is 1.78. The molecule has 2 aromatic heterocycles. The van der Waals surface area contributed by atoms with Gasteiger partial charge >= 0.3 is 0 Å². The smallest absolute Gasteiger partial charge is 0.285 e. The van der Waals surface area contributed by atoms with Crippen LogP contribution in [-0.4, -0.2) is 20.3 Å². The molecule has 1 aromatic carbocycles. The van der Waals surface area contributed by atoms with Crippen LogP contribution in [0.3, 0.4) is 0 Å². The van der Waals surface area contributed by atoms with Gasteiger partial charge in [-0.1, -0.05) is 25.1 Å². The van der Waals surface area contributed by atoms with Gasteiger partial charge < -0.3 is 9.55 Å². The number of hydrogen-bond donors (Lipinski definition) is 1. The summed E-state index contributed by atoms with van der Waals surface area (Å²) in [6.45, 7) is 1.78. The van der Waals surface area contributed by atoms with Gasteiger partial charge in [0.15, 0.2) is 5.78 Å². The summed E-state index contributed by atoms with van der Waals surface area (Å²) in [5, 5.41) is 11.6. The van der Waals surface area contributed by atoms with Gasteiger partial charge in [0.25, 0.3) is 11.2 Å². The molecule has 7 heteroatoms. The zero-order chi connectivity index (χ0) is 17.3. The van der Waals surface area contributed by atoms with Crippen LogP contribution >= 0.6 is 0 Å². The first kappa shape index (κ1) is 15.7. The van der Waals surface area contributed by atoms with Crippen molar-refractivity contribution in [2.45, 2.75) is 19.9 Å². The molecule has 0 spiro atoms. The van der Waals surface area contributed by atoms with Crippen LogP contribution in [0.15, 0.2) is 47.5 Å². The molecule has 2 heterocycles. The number of nitrogens with one attached hydrogen (secondary N) is 1. The molecule has 0 saturated carbocycles. The second kappa shape index (κ2) is 6.11. The Balaban J connectivity index is 1.98. The lowest BCUT2D eigenvalue weighted by Gasteiger charge is -2.04. The summed E-state index contributed by atoms with van der Waals surface area (Å²) >= 11 is 0. The van der Waals surface area contributed by atoms with Crippen molar-refractivity contribution in [2.24, 2.45) is 0 Å². The summed E-state index contributed by atoms with van der Waals surface area (Å²) in [6.07, 6.45) is 3.54. The Labute approximate surface area is 136 Å². The number of carbonyl (C=O) groups excluding carboxylic acids is 1. The van der Waals surface area contributed by atoms with Crippen molar-refractivity contribution in [2.75, 3.05) is 0 Å². The number of aryl methyl sites for hydroxylation is 1. The van der Waals surface area contributed by atoms with Gasteiger partial charge in [-0.15, -0.1) is 0 Å². The third-order valence-electron chi connectivity index (χ3n) is 3.98. The quantitative estimate of drug-likeness (QED) is 0.443. The minimum atomic E-state index is -0.598. The summed E-state index contributed by atoms with van der Waals surface area (Å²) in [7, 11) is 0. The maximum absolute atomic E-state index is 12.6. The average Bonchev–Trinajstić information content (AvgIpc) is 3.00. The number of rotatable bonds is 5. The maximum atomic E-state index is 12.6. The van der Waals surface area contributed by atoms with Crippen molar-refractivity contribution in [1.82, 2.24) is 9.55 Å². The molecule has 0 fully saturated rings. The molecular formula is C17H15N3O4. The van der Waals surface area contributed by atoms with Gasteiger partial charge in [-0.05, 0) is 12.0 Å². The van der Waals surface area contributed by atoms with E-state index in [4.69, 9.17) is 0 Å². The van der Waals surface area contributed by atoms with E-state index in [9.17, 15) is 19.7 Å². The van der Waals surface area contributed by atoms with Crippen LogP contribution < -0.4 is 5.56 Å². The van der Waals surface area contributed by atoms with Crippen molar-refractivity contribution in [3.63, 3.8) is 0 Å². The van der Waals surface area contributed by atoms with Crippen molar-refractivity contribution < 1.29 is 9.72 Å². The van der Waals surface area contributed by atoms with E-state index >= 15 is 0 Å². The number of pyridine rings is 1. The van der Waals surface area contributed by atoms with Gasteiger partial charge in [0.1, 0.15) is 0 Å². The molecule has 122 valence electrons. The molecule has 0 bridgehead atoms. The van der Waals surface area contributed by atoms with Crippen LogP contribution in [0.2, 0.25) is 0 Å². The molecule has 0 saturated heterocycles. The number of fused-ring (bicyclic) bond motifs is 1. The van der Waals surface area contributed by atoms with E-state index in [1.54, 1.807) is 6.20 Å². The second-order valence-electron chi connectivity index (χ2n) is 5.43. The summed E-state index contributed by atoms with van der Waals surface area (Å²) in [5.74, 6) is -0.280. The molecule has 0 aliphatic carbocycles. The van der Waals surface area contributed by atoms with Crippen LogP contribution in [0, 0.1) is 10.1 Å². The lowest BCUT2D eigenvalue weighted by Crippen LogP contribution is -2.23. The number of benzene rings is 1. The lowest BCUT2D eigenvalue weighted by molar-refractivity contribution is -0.385. The van der Waals surface area contributed by atoms with E-state index in [1.165, 1.54) is 0 Å². The number of para-hydroxylation sites is 1.